The number of carbonyl (C=O) groups excluding carboxylic acids is 1. The third-order valence-corrected chi connectivity index (χ3v) is 5.35. The highest BCUT2D eigenvalue weighted by Gasteiger charge is 2.33. The Balaban J connectivity index is 2.02. The molecule has 0 saturated carbocycles. The van der Waals surface area contributed by atoms with Crippen LogP contribution in [0.25, 0.3) is 0 Å². The highest BCUT2D eigenvalue weighted by Crippen LogP contribution is 2.37. The van der Waals surface area contributed by atoms with Gasteiger partial charge in [-0.1, -0.05) is 59.6 Å². The van der Waals surface area contributed by atoms with E-state index in [0.29, 0.717) is 22.2 Å². The lowest BCUT2D eigenvalue weighted by molar-refractivity contribution is 0.247. The first-order chi connectivity index (χ1) is 12.9. The zero-order chi connectivity index (χ0) is 19.6. The van der Waals surface area contributed by atoms with Gasteiger partial charge in [0, 0.05) is 6.42 Å². The molecule has 1 aliphatic rings. The topological polar surface area (TPSA) is 78.6 Å². The molecule has 1 aliphatic heterocycles. The largest absolute Gasteiger partial charge is 0.392 e. The number of nitrogens with one attached hydrogen (secondary N) is 1. The second-order valence-corrected chi connectivity index (χ2v) is 7.24. The van der Waals surface area contributed by atoms with Crippen LogP contribution in [0.1, 0.15) is 23.6 Å². The maximum Gasteiger partial charge on any atom is 0.320 e. The minimum Gasteiger partial charge on any atom is -0.392 e. The molecule has 0 saturated heterocycles. The van der Waals surface area contributed by atoms with E-state index in [4.69, 9.17) is 28.9 Å². The van der Waals surface area contributed by atoms with E-state index in [1.54, 1.807) is 18.2 Å². The fourth-order valence-corrected chi connectivity index (χ4v) is 4.00. The molecule has 142 valence electrons. The quantitative estimate of drug-likeness (QED) is 0.667. The molecule has 3 rings (SSSR count). The number of nitrogens with zero attached hydrogens (tertiary/aromatic N) is 1. The highest BCUT2D eigenvalue weighted by atomic mass is 35.5. The van der Waals surface area contributed by atoms with Crippen LogP contribution in [0.3, 0.4) is 0 Å². The molecule has 0 bridgehead atoms. The van der Waals surface area contributed by atoms with Crippen LogP contribution in [-0.2, 0) is 0 Å². The molecule has 2 aromatic rings. The summed E-state index contributed by atoms with van der Waals surface area (Å²) in [5.74, 6) is 0. The lowest BCUT2D eigenvalue weighted by Crippen LogP contribution is -2.54. The molecule has 27 heavy (non-hydrogen) atoms. The number of amides is 2. The number of para-hydroxylation sites is 1. The fraction of sp³-hybridized carbons (Fsp3) is 0.250. The van der Waals surface area contributed by atoms with Gasteiger partial charge in [-0.25, -0.2) is 4.79 Å². The van der Waals surface area contributed by atoms with E-state index in [2.05, 4.69) is 5.32 Å². The number of primary amides is 1. The minimum absolute atomic E-state index is 0.0812. The van der Waals surface area contributed by atoms with Gasteiger partial charge in [0.1, 0.15) is 0 Å². The molecule has 0 radical (unpaired) electrons. The van der Waals surface area contributed by atoms with Gasteiger partial charge in [-0.05, 0) is 35.8 Å². The number of benzene rings is 2. The van der Waals surface area contributed by atoms with Gasteiger partial charge in [-0.2, -0.15) is 0 Å². The summed E-state index contributed by atoms with van der Waals surface area (Å²) in [6, 6.07) is 12.0. The molecule has 7 heteroatoms. The van der Waals surface area contributed by atoms with E-state index >= 15 is 0 Å². The van der Waals surface area contributed by atoms with Gasteiger partial charge < -0.3 is 10.8 Å². The van der Waals surface area contributed by atoms with Crippen molar-refractivity contribution in [1.82, 2.24) is 5.32 Å². The molecule has 0 spiro atoms. The van der Waals surface area contributed by atoms with Crippen LogP contribution in [0.4, 0.5) is 10.5 Å². The second-order valence-electron chi connectivity index (χ2n) is 6.42. The Morgan fingerprint density at radius 2 is 1.89 bits per heavy atom. The number of aryl methyl sites for hydroxylation is 1. The Hall–Kier alpha value is -2.05. The molecule has 0 aliphatic carbocycles. The molecular weight excluding hydrogens is 385 g/mol. The Labute approximate surface area is 168 Å². The van der Waals surface area contributed by atoms with Crippen molar-refractivity contribution in [3.63, 3.8) is 0 Å². The number of halogens is 2. The van der Waals surface area contributed by atoms with Gasteiger partial charge in [0.25, 0.3) is 0 Å². The predicted octanol–water partition coefficient (Wildman–Crippen LogP) is 4.17. The number of anilines is 1. The summed E-state index contributed by atoms with van der Waals surface area (Å²) in [6.07, 6.45) is 1.93. The van der Waals surface area contributed by atoms with Crippen molar-refractivity contribution in [2.24, 2.45) is 5.73 Å². The summed E-state index contributed by atoms with van der Waals surface area (Å²) >= 11 is 12.6. The number of nitrogens with two attached hydrogens (primary N) is 1. The molecular formula is C20H21Cl2N3O2. The third-order valence-electron chi connectivity index (χ3n) is 4.74. The molecule has 0 fully saturated rings. The first-order valence-electron chi connectivity index (χ1n) is 8.58. The SMILES string of the molecule is Cc1ccccc1C1NC(N(C(N)=O)c2c(Cl)cccc2Cl)CC=C1CO. The summed E-state index contributed by atoms with van der Waals surface area (Å²) in [6.45, 7) is 1.93. The van der Waals surface area contributed by atoms with Crippen LogP contribution >= 0.6 is 23.2 Å². The first kappa shape index (κ1) is 19.7. The Kier molecular flexibility index (Phi) is 6.07. The molecule has 1 heterocycles. The number of aliphatic hydroxyl groups is 1. The van der Waals surface area contributed by atoms with Crippen LogP contribution in [-0.4, -0.2) is 23.9 Å². The standard InChI is InChI=1S/C20H21Cl2N3O2/c1-12-5-2-3-6-14(12)18-13(11-26)9-10-17(24-18)25(20(23)27)19-15(21)7-4-8-16(19)22/h2-9,17-18,24,26H,10-11H2,1H3,(H2,23,27). The average Bonchev–Trinajstić information content (AvgIpc) is 2.64. The summed E-state index contributed by atoms with van der Waals surface area (Å²) in [4.78, 5) is 13.7. The number of hydrogen-bond acceptors (Lipinski definition) is 3. The van der Waals surface area contributed by atoms with Gasteiger partial charge >= 0.3 is 6.03 Å². The zero-order valence-electron chi connectivity index (χ0n) is 14.8. The Morgan fingerprint density at radius 3 is 2.48 bits per heavy atom. The Morgan fingerprint density at radius 1 is 1.22 bits per heavy atom. The number of carbonyl (C=O) groups is 1. The maximum absolute atomic E-state index is 12.3. The van der Waals surface area contributed by atoms with E-state index in [9.17, 15) is 9.90 Å². The summed E-state index contributed by atoms with van der Waals surface area (Å²) in [7, 11) is 0. The zero-order valence-corrected chi connectivity index (χ0v) is 16.3. The van der Waals surface area contributed by atoms with Crippen molar-refractivity contribution >= 4 is 34.9 Å². The smallest absolute Gasteiger partial charge is 0.320 e. The third kappa shape index (κ3) is 3.96. The van der Waals surface area contributed by atoms with Gasteiger partial charge in [0.05, 0.1) is 34.5 Å². The molecule has 4 N–H and O–H groups in total. The van der Waals surface area contributed by atoms with Crippen LogP contribution in [0.15, 0.2) is 54.1 Å². The van der Waals surface area contributed by atoms with E-state index in [1.165, 1.54) is 4.90 Å². The van der Waals surface area contributed by atoms with Crippen molar-refractivity contribution in [3.05, 3.63) is 75.3 Å². The van der Waals surface area contributed by atoms with Crippen LogP contribution < -0.4 is 16.0 Å². The van der Waals surface area contributed by atoms with Gasteiger partial charge in [-0.15, -0.1) is 0 Å². The summed E-state index contributed by atoms with van der Waals surface area (Å²) in [5, 5.41) is 13.9. The first-order valence-corrected chi connectivity index (χ1v) is 9.33. The number of rotatable bonds is 4. The summed E-state index contributed by atoms with van der Waals surface area (Å²) in [5.41, 5.74) is 9.00. The monoisotopic (exact) mass is 405 g/mol. The Bertz CT molecular complexity index is 865. The van der Waals surface area contributed by atoms with Crippen molar-refractivity contribution in [2.45, 2.75) is 25.6 Å². The van der Waals surface area contributed by atoms with Crippen molar-refractivity contribution in [1.29, 1.82) is 0 Å². The van der Waals surface area contributed by atoms with Gasteiger partial charge in [0.15, 0.2) is 0 Å². The van der Waals surface area contributed by atoms with E-state index < -0.39 is 12.2 Å². The van der Waals surface area contributed by atoms with Crippen LogP contribution in [0.2, 0.25) is 10.0 Å². The lowest BCUT2D eigenvalue weighted by atomic mass is 9.91. The van der Waals surface area contributed by atoms with Crippen molar-refractivity contribution in [3.8, 4) is 0 Å². The number of urea groups is 1. The van der Waals surface area contributed by atoms with E-state index in [1.807, 2.05) is 37.3 Å². The molecule has 2 unspecified atom stereocenters. The predicted molar refractivity (Wildman–Crippen MR) is 109 cm³/mol. The summed E-state index contributed by atoms with van der Waals surface area (Å²) < 4.78 is 0. The molecule has 0 aromatic heterocycles. The molecule has 2 atom stereocenters. The second kappa shape index (κ2) is 8.31. The maximum atomic E-state index is 12.3. The van der Waals surface area contributed by atoms with Crippen LogP contribution in [0.5, 0.6) is 0 Å². The highest BCUT2D eigenvalue weighted by molar-refractivity contribution is 6.39. The van der Waals surface area contributed by atoms with Gasteiger partial charge in [0.2, 0.25) is 0 Å². The number of aliphatic hydroxyl groups excluding tert-OH is 1. The van der Waals surface area contributed by atoms with Crippen LogP contribution in [0, 0.1) is 6.92 Å². The van der Waals surface area contributed by atoms with Crippen molar-refractivity contribution in [2.75, 3.05) is 11.5 Å². The van der Waals surface area contributed by atoms with Crippen molar-refractivity contribution < 1.29 is 9.90 Å². The fourth-order valence-electron chi connectivity index (χ4n) is 3.42. The normalized spacial score (nSPS) is 19.5. The lowest BCUT2D eigenvalue weighted by Gasteiger charge is -2.38. The van der Waals surface area contributed by atoms with E-state index in [-0.39, 0.29) is 12.6 Å². The molecule has 5 nitrogen and oxygen atoms in total. The van der Waals surface area contributed by atoms with E-state index in [0.717, 1.165) is 16.7 Å². The minimum atomic E-state index is -0.660. The molecule has 2 amide bonds. The number of hydrogen-bond donors (Lipinski definition) is 3. The molecule has 2 aromatic carbocycles. The average molecular weight is 406 g/mol. The van der Waals surface area contributed by atoms with Gasteiger partial charge in [-0.3, -0.25) is 10.2 Å².